The molecule has 3 rings (SSSR count). The third-order valence-electron chi connectivity index (χ3n) is 5.00. The fourth-order valence-corrected chi connectivity index (χ4v) is 3.49. The molecule has 0 radical (unpaired) electrons. The van der Waals surface area contributed by atoms with Gasteiger partial charge in [-0.25, -0.2) is 8.78 Å². The van der Waals surface area contributed by atoms with Gasteiger partial charge >= 0.3 is 5.97 Å². The summed E-state index contributed by atoms with van der Waals surface area (Å²) in [6.45, 7) is 2.25. The number of carboxylic acid groups (broad SMARTS) is 1. The number of anilines is 1. The minimum absolute atomic E-state index is 0.0979. The molecule has 0 aromatic heterocycles. The Balaban J connectivity index is 1.60. The van der Waals surface area contributed by atoms with E-state index < -0.39 is 23.1 Å². The molecule has 2 N–H and O–H groups in total. The first-order valence-corrected chi connectivity index (χ1v) is 8.29. The Labute approximate surface area is 139 Å². The van der Waals surface area contributed by atoms with Crippen molar-refractivity contribution < 1.29 is 23.4 Å². The lowest BCUT2D eigenvalue weighted by Crippen LogP contribution is -2.60. The third-order valence-corrected chi connectivity index (χ3v) is 5.00. The van der Waals surface area contributed by atoms with E-state index in [1.165, 1.54) is 6.07 Å². The number of nitrogens with zero attached hydrogens (tertiary/aromatic N) is 1. The number of aliphatic carboxylic acids is 1. The highest BCUT2D eigenvalue weighted by atomic mass is 19.2. The van der Waals surface area contributed by atoms with Gasteiger partial charge in [0.15, 0.2) is 11.6 Å². The highest BCUT2D eigenvalue weighted by Gasteiger charge is 2.42. The van der Waals surface area contributed by atoms with Crippen molar-refractivity contribution in [2.75, 3.05) is 31.2 Å². The number of hydrogen-bond donors (Lipinski definition) is 2. The van der Waals surface area contributed by atoms with Gasteiger partial charge in [-0.05, 0) is 37.8 Å². The maximum Gasteiger partial charge on any atom is 0.324 e. The normalized spacial score (nSPS) is 21.7. The summed E-state index contributed by atoms with van der Waals surface area (Å²) in [5, 5.41) is 12.9. The second kappa shape index (κ2) is 7.03. The van der Waals surface area contributed by atoms with Crippen LogP contribution in [0.25, 0.3) is 0 Å². The van der Waals surface area contributed by atoms with Crippen LogP contribution >= 0.6 is 0 Å². The lowest BCUT2D eigenvalue weighted by molar-refractivity contribution is -0.149. The molecule has 2 saturated heterocycles. The van der Waals surface area contributed by atoms with Gasteiger partial charge in [0.1, 0.15) is 5.54 Å². The van der Waals surface area contributed by atoms with Crippen molar-refractivity contribution in [3.8, 4) is 0 Å². The van der Waals surface area contributed by atoms with Crippen molar-refractivity contribution in [2.45, 2.75) is 37.3 Å². The molecule has 1 aromatic carbocycles. The van der Waals surface area contributed by atoms with Crippen LogP contribution in [0.3, 0.4) is 0 Å². The number of nitrogens with one attached hydrogen (secondary N) is 1. The van der Waals surface area contributed by atoms with E-state index in [-0.39, 0.29) is 6.04 Å². The molecule has 0 saturated carbocycles. The van der Waals surface area contributed by atoms with Crippen LogP contribution in [0.2, 0.25) is 0 Å². The van der Waals surface area contributed by atoms with E-state index in [0.717, 1.165) is 18.9 Å². The lowest BCUT2D eigenvalue weighted by atomic mass is 9.87. The molecule has 0 amide bonds. The molecule has 2 heterocycles. The van der Waals surface area contributed by atoms with Crippen molar-refractivity contribution in [1.82, 2.24) is 5.32 Å². The molecule has 0 aliphatic carbocycles. The quantitative estimate of drug-likeness (QED) is 0.879. The maximum atomic E-state index is 13.4. The predicted molar refractivity (Wildman–Crippen MR) is 85.1 cm³/mol. The zero-order valence-electron chi connectivity index (χ0n) is 13.4. The van der Waals surface area contributed by atoms with Crippen molar-refractivity contribution in [2.24, 2.45) is 0 Å². The largest absolute Gasteiger partial charge is 0.480 e. The minimum Gasteiger partial charge on any atom is -0.480 e. The first kappa shape index (κ1) is 17.1. The van der Waals surface area contributed by atoms with Gasteiger partial charge in [-0.3, -0.25) is 10.1 Å². The second-order valence-electron chi connectivity index (χ2n) is 6.50. The van der Waals surface area contributed by atoms with E-state index in [2.05, 4.69) is 5.32 Å². The zero-order chi connectivity index (χ0) is 17.2. The van der Waals surface area contributed by atoms with Gasteiger partial charge in [-0.1, -0.05) is 0 Å². The van der Waals surface area contributed by atoms with Crippen LogP contribution in [-0.4, -0.2) is 49.0 Å². The Kier molecular flexibility index (Phi) is 5.01. The van der Waals surface area contributed by atoms with E-state index >= 15 is 0 Å². The number of benzene rings is 1. The van der Waals surface area contributed by atoms with Crippen molar-refractivity contribution in [1.29, 1.82) is 0 Å². The summed E-state index contributed by atoms with van der Waals surface area (Å²) in [7, 11) is 0. The van der Waals surface area contributed by atoms with Gasteiger partial charge in [-0.15, -0.1) is 0 Å². The molecule has 0 atom stereocenters. The number of carbonyl (C=O) groups is 1. The van der Waals surface area contributed by atoms with Crippen molar-refractivity contribution in [3.05, 3.63) is 29.8 Å². The first-order valence-electron chi connectivity index (χ1n) is 8.29. The molecule has 0 unspecified atom stereocenters. The molecule has 2 aliphatic rings. The predicted octanol–water partition coefficient (Wildman–Crippen LogP) is 2.16. The summed E-state index contributed by atoms with van der Waals surface area (Å²) in [5.74, 6) is -2.52. The fourth-order valence-electron chi connectivity index (χ4n) is 3.49. The topological polar surface area (TPSA) is 61.8 Å². The molecular formula is C17H22F2N2O3. The van der Waals surface area contributed by atoms with Gasteiger partial charge in [0.25, 0.3) is 0 Å². The average molecular weight is 340 g/mol. The Hall–Kier alpha value is -1.73. The minimum atomic E-state index is -0.910. The standard InChI is InChI=1S/C17H22F2N2O3/c18-14-2-1-13(11-15(14)19)21-7-3-12(4-8-21)20-17(16(22)23)5-9-24-10-6-17/h1-2,11-12,20H,3-10H2,(H,22,23). The van der Waals surface area contributed by atoms with Gasteiger partial charge in [-0.2, -0.15) is 0 Å². The molecule has 132 valence electrons. The van der Waals surface area contributed by atoms with Crippen LogP contribution in [0, 0.1) is 11.6 Å². The Bertz CT molecular complexity index is 597. The van der Waals surface area contributed by atoms with E-state index in [1.54, 1.807) is 6.07 Å². The van der Waals surface area contributed by atoms with Crippen molar-refractivity contribution >= 4 is 11.7 Å². The van der Waals surface area contributed by atoms with Gasteiger partial charge < -0.3 is 14.7 Å². The molecule has 5 nitrogen and oxygen atoms in total. The van der Waals surface area contributed by atoms with E-state index in [9.17, 15) is 18.7 Å². The number of piperidine rings is 1. The van der Waals surface area contributed by atoms with Gasteiger partial charge in [0.2, 0.25) is 0 Å². The number of hydrogen-bond acceptors (Lipinski definition) is 4. The van der Waals surface area contributed by atoms with Crippen LogP contribution in [0.5, 0.6) is 0 Å². The summed E-state index contributed by atoms with van der Waals surface area (Å²) in [5.41, 5.74) is -0.251. The molecule has 0 spiro atoms. The average Bonchev–Trinajstić information content (AvgIpc) is 2.59. The van der Waals surface area contributed by atoms with Gasteiger partial charge in [0, 0.05) is 44.1 Å². The van der Waals surface area contributed by atoms with Crippen LogP contribution in [0.4, 0.5) is 14.5 Å². The molecular weight excluding hydrogens is 318 g/mol. The van der Waals surface area contributed by atoms with Gasteiger partial charge in [0.05, 0.1) is 0 Å². The van der Waals surface area contributed by atoms with E-state index in [0.29, 0.717) is 44.8 Å². The summed E-state index contributed by atoms with van der Waals surface area (Å²) in [6, 6.07) is 4.01. The highest BCUT2D eigenvalue weighted by Crippen LogP contribution is 2.26. The van der Waals surface area contributed by atoms with Crippen molar-refractivity contribution in [3.63, 3.8) is 0 Å². The van der Waals surface area contributed by atoms with Crippen LogP contribution < -0.4 is 10.2 Å². The van der Waals surface area contributed by atoms with Crippen LogP contribution in [-0.2, 0) is 9.53 Å². The first-order chi connectivity index (χ1) is 11.5. The molecule has 0 bridgehead atoms. The summed E-state index contributed by atoms with van der Waals surface area (Å²) >= 11 is 0. The third kappa shape index (κ3) is 3.52. The fraction of sp³-hybridized carbons (Fsp3) is 0.588. The Morgan fingerprint density at radius 2 is 1.88 bits per heavy atom. The molecule has 2 aliphatic heterocycles. The van der Waals surface area contributed by atoms with Crippen LogP contribution in [0.15, 0.2) is 18.2 Å². The maximum absolute atomic E-state index is 13.4. The Morgan fingerprint density at radius 1 is 1.21 bits per heavy atom. The number of ether oxygens (including phenoxy) is 1. The summed E-state index contributed by atoms with van der Waals surface area (Å²) < 4.78 is 31.7. The zero-order valence-corrected chi connectivity index (χ0v) is 13.4. The smallest absolute Gasteiger partial charge is 0.324 e. The lowest BCUT2D eigenvalue weighted by Gasteiger charge is -2.41. The van der Waals surface area contributed by atoms with Crippen LogP contribution in [0.1, 0.15) is 25.7 Å². The monoisotopic (exact) mass is 340 g/mol. The molecule has 2 fully saturated rings. The summed E-state index contributed by atoms with van der Waals surface area (Å²) in [4.78, 5) is 13.7. The molecule has 7 heteroatoms. The SMILES string of the molecule is O=C(O)C1(NC2CCN(c3ccc(F)c(F)c3)CC2)CCOCC1. The van der Waals surface area contributed by atoms with E-state index in [4.69, 9.17) is 4.74 Å². The van der Waals surface area contributed by atoms with E-state index in [1.807, 2.05) is 4.90 Å². The molecule has 24 heavy (non-hydrogen) atoms. The number of halogens is 2. The number of rotatable bonds is 4. The summed E-state index contributed by atoms with van der Waals surface area (Å²) in [6.07, 6.45) is 2.45. The highest BCUT2D eigenvalue weighted by molar-refractivity contribution is 5.79. The number of carboxylic acids is 1. The second-order valence-corrected chi connectivity index (χ2v) is 6.50. The molecule has 1 aromatic rings. The Morgan fingerprint density at radius 3 is 2.46 bits per heavy atom.